The van der Waals surface area contributed by atoms with Crippen LogP contribution in [0.5, 0.6) is 0 Å². The van der Waals surface area contributed by atoms with Gasteiger partial charge in [-0.15, -0.1) is 0 Å². The summed E-state index contributed by atoms with van der Waals surface area (Å²) in [5, 5.41) is 25.9. The minimum atomic E-state index is -2.17. The Kier molecular flexibility index (Phi) is 8.70. The van der Waals surface area contributed by atoms with Crippen molar-refractivity contribution < 1.29 is 15.1 Å². The van der Waals surface area contributed by atoms with Crippen molar-refractivity contribution in [3.8, 4) is 0 Å². The minimum absolute atomic E-state index is 0.495. The predicted molar refractivity (Wildman–Crippen MR) is 116 cm³/mol. The lowest BCUT2D eigenvalue weighted by Gasteiger charge is -2.23. The van der Waals surface area contributed by atoms with E-state index in [1.807, 2.05) is 0 Å². The van der Waals surface area contributed by atoms with Crippen molar-refractivity contribution in [2.75, 3.05) is 0 Å². The monoisotopic (exact) mass is 380 g/mol. The van der Waals surface area contributed by atoms with Crippen molar-refractivity contribution in [1.82, 2.24) is 0 Å². The fraction of sp³-hybridized carbons (Fsp3) is 0.182. The maximum absolute atomic E-state index is 7.17. The van der Waals surface area contributed by atoms with Crippen LogP contribution in [-0.4, -0.2) is 22.4 Å². The van der Waals surface area contributed by atoms with Gasteiger partial charge in [-0.25, -0.2) is 0 Å². The molecule has 0 aromatic heterocycles. The Morgan fingerprint density at radius 3 is 1.56 bits per heavy atom. The van der Waals surface area contributed by atoms with Gasteiger partial charge in [-0.2, -0.15) is 0 Å². The number of hydrogen-bond acceptors (Lipinski definition) is 3. The molecule has 3 nitrogen and oxygen atoms in total. The molecule has 0 saturated carbocycles. The van der Waals surface area contributed by atoms with Gasteiger partial charge in [0.2, 0.25) is 0 Å². The molecule has 3 aromatic carbocycles. The van der Waals surface area contributed by atoms with Crippen molar-refractivity contribution in [3.63, 3.8) is 0 Å². The van der Waals surface area contributed by atoms with Gasteiger partial charge < -0.3 is 15.1 Å². The first-order valence-corrected chi connectivity index (χ1v) is 10.5. The summed E-state index contributed by atoms with van der Waals surface area (Å²) in [7, 11) is -2.66. The molecular formula is C22H26BO3P. The highest BCUT2D eigenvalue weighted by Crippen LogP contribution is 2.35. The molecule has 0 spiro atoms. The number of hydrogen-bond donors (Lipinski definition) is 3. The fourth-order valence-corrected chi connectivity index (χ4v) is 5.75. The molecule has 0 radical (unpaired) electrons. The molecule has 27 heavy (non-hydrogen) atoms. The normalized spacial score (nSPS) is 10.3. The third-order valence-corrected chi connectivity index (χ3v) is 6.78. The molecule has 0 saturated heterocycles. The van der Waals surface area contributed by atoms with Crippen molar-refractivity contribution in [2.24, 2.45) is 0 Å². The van der Waals surface area contributed by atoms with E-state index in [2.05, 4.69) is 92.7 Å². The molecule has 0 atom stereocenters. The van der Waals surface area contributed by atoms with Gasteiger partial charge in [-0.05, 0) is 47.8 Å². The summed E-state index contributed by atoms with van der Waals surface area (Å²) in [6, 6.07) is 28.8. The molecule has 3 aromatic rings. The van der Waals surface area contributed by atoms with Crippen LogP contribution in [0, 0.1) is 0 Å². The van der Waals surface area contributed by atoms with Gasteiger partial charge in [0, 0.05) is 0 Å². The first-order chi connectivity index (χ1) is 13.1. The number of rotatable bonds is 5. The van der Waals surface area contributed by atoms with Crippen LogP contribution in [-0.2, 0) is 12.8 Å². The van der Waals surface area contributed by atoms with Crippen LogP contribution in [0.1, 0.15) is 25.0 Å². The van der Waals surface area contributed by atoms with Crippen molar-refractivity contribution >= 4 is 31.2 Å². The van der Waals surface area contributed by atoms with Crippen molar-refractivity contribution in [3.05, 3.63) is 90.0 Å². The van der Waals surface area contributed by atoms with Crippen LogP contribution in [0.15, 0.2) is 78.9 Å². The lowest BCUT2D eigenvalue weighted by molar-refractivity contribution is 0.278. The maximum Gasteiger partial charge on any atom is 0.631 e. The molecule has 5 heteroatoms. The Bertz CT molecular complexity index is 768. The highest BCUT2D eigenvalue weighted by molar-refractivity contribution is 7.79. The zero-order valence-corrected chi connectivity index (χ0v) is 16.7. The zero-order chi connectivity index (χ0) is 19.6. The zero-order valence-electron chi connectivity index (χ0n) is 15.8. The lowest BCUT2D eigenvalue weighted by Crippen LogP contribution is -2.24. The fourth-order valence-electron chi connectivity index (χ4n) is 3.15. The van der Waals surface area contributed by atoms with Gasteiger partial charge in [0.25, 0.3) is 0 Å². The lowest BCUT2D eigenvalue weighted by atomic mass is 10.0. The maximum atomic E-state index is 7.17. The third kappa shape index (κ3) is 6.02. The predicted octanol–water partition coefficient (Wildman–Crippen LogP) is 2.52. The summed E-state index contributed by atoms with van der Waals surface area (Å²) >= 11 is 0. The molecule has 0 aliphatic carbocycles. The smallest absolute Gasteiger partial charge is 0.402 e. The summed E-state index contributed by atoms with van der Waals surface area (Å²) in [4.78, 5) is 0. The van der Waals surface area contributed by atoms with Gasteiger partial charge in [0.1, 0.15) is 0 Å². The van der Waals surface area contributed by atoms with E-state index in [-0.39, 0.29) is 0 Å². The van der Waals surface area contributed by atoms with Gasteiger partial charge in [-0.1, -0.05) is 92.7 Å². The molecule has 0 fully saturated rings. The standard InChI is InChI=1S/C22H23P.BH3O3/c1-3-18-12-11-17-22(21(18)4-2)23(19-13-7-5-8-14-19)20-15-9-6-10-16-20;2-1(3)4/h5-17H,3-4H2,1-2H3;2-4H. The number of benzene rings is 3. The van der Waals surface area contributed by atoms with E-state index >= 15 is 0 Å². The van der Waals surface area contributed by atoms with E-state index in [1.165, 1.54) is 27.0 Å². The molecule has 3 N–H and O–H groups in total. The van der Waals surface area contributed by atoms with E-state index < -0.39 is 15.2 Å². The molecule has 0 aliphatic heterocycles. The van der Waals surface area contributed by atoms with E-state index in [0.717, 1.165) is 12.8 Å². The Hall–Kier alpha value is -1.97. The van der Waals surface area contributed by atoms with Crippen LogP contribution in [0.25, 0.3) is 0 Å². The average molecular weight is 380 g/mol. The molecule has 0 bridgehead atoms. The van der Waals surface area contributed by atoms with E-state index in [9.17, 15) is 0 Å². The Morgan fingerprint density at radius 1 is 0.667 bits per heavy atom. The summed E-state index contributed by atoms with van der Waals surface area (Å²) in [5.74, 6) is 0. The van der Waals surface area contributed by atoms with E-state index in [1.54, 1.807) is 0 Å². The molecule has 0 heterocycles. The summed E-state index contributed by atoms with van der Waals surface area (Å²) in [5.41, 5.74) is 3.03. The van der Waals surface area contributed by atoms with E-state index in [4.69, 9.17) is 15.1 Å². The first-order valence-electron chi connectivity index (χ1n) is 9.13. The topological polar surface area (TPSA) is 60.7 Å². The van der Waals surface area contributed by atoms with Crippen LogP contribution in [0.3, 0.4) is 0 Å². The van der Waals surface area contributed by atoms with Crippen LogP contribution in [0.4, 0.5) is 0 Å². The number of aryl methyl sites for hydroxylation is 1. The van der Waals surface area contributed by atoms with Gasteiger partial charge in [-0.3, -0.25) is 0 Å². The second-order valence-corrected chi connectivity index (χ2v) is 8.16. The van der Waals surface area contributed by atoms with Gasteiger partial charge in [0.15, 0.2) is 0 Å². The van der Waals surface area contributed by atoms with Crippen LogP contribution >= 0.6 is 7.92 Å². The average Bonchev–Trinajstić information content (AvgIpc) is 2.69. The van der Waals surface area contributed by atoms with Gasteiger partial charge in [0.05, 0.1) is 0 Å². The van der Waals surface area contributed by atoms with Crippen LogP contribution in [0.2, 0.25) is 0 Å². The summed E-state index contributed by atoms with van der Waals surface area (Å²) < 4.78 is 0. The molecular weight excluding hydrogens is 354 g/mol. The van der Waals surface area contributed by atoms with Crippen LogP contribution < -0.4 is 15.9 Å². The minimum Gasteiger partial charge on any atom is -0.402 e. The quantitative estimate of drug-likeness (QED) is 0.471. The molecule has 140 valence electrons. The third-order valence-electron chi connectivity index (χ3n) is 4.25. The second kappa shape index (κ2) is 11.0. The highest BCUT2D eigenvalue weighted by Gasteiger charge is 2.19. The Morgan fingerprint density at radius 2 is 1.15 bits per heavy atom. The first kappa shape index (κ1) is 21.3. The SMILES string of the molecule is CCc1cccc(P(c2ccccc2)c2ccccc2)c1CC.OB(O)O. The summed E-state index contributed by atoms with van der Waals surface area (Å²) in [6.45, 7) is 4.53. The Labute approximate surface area is 163 Å². The Balaban J connectivity index is 0.000000596. The summed E-state index contributed by atoms with van der Waals surface area (Å²) in [6.07, 6.45) is 2.20. The van der Waals surface area contributed by atoms with E-state index in [0.29, 0.717) is 0 Å². The second-order valence-electron chi connectivity index (χ2n) is 5.97. The highest BCUT2D eigenvalue weighted by atomic mass is 31.1. The van der Waals surface area contributed by atoms with Gasteiger partial charge >= 0.3 is 7.32 Å². The molecule has 0 amide bonds. The molecule has 3 rings (SSSR count). The largest absolute Gasteiger partial charge is 0.631 e. The van der Waals surface area contributed by atoms with Crippen molar-refractivity contribution in [1.29, 1.82) is 0 Å². The van der Waals surface area contributed by atoms with Crippen molar-refractivity contribution in [2.45, 2.75) is 26.7 Å². The molecule has 0 aliphatic rings. The molecule has 0 unspecified atom stereocenters.